The summed E-state index contributed by atoms with van der Waals surface area (Å²) in [7, 11) is 0. The molecular weight excluding hydrogens is 321 g/mol. The molecule has 7 heteroatoms. The van der Waals surface area contributed by atoms with Crippen LogP contribution in [0.1, 0.15) is 29.6 Å². The number of anilines is 1. The van der Waals surface area contributed by atoms with Crippen molar-refractivity contribution in [3.8, 4) is 11.4 Å². The molecule has 0 radical (unpaired) electrons. The van der Waals surface area contributed by atoms with Gasteiger partial charge in [0.1, 0.15) is 17.6 Å². The van der Waals surface area contributed by atoms with Gasteiger partial charge in [-0.05, 0) is 43.5 Å². The summed E-state index contributed by atoms with van der Waals surface area (Å²) < 4.78 is 15.7. The summed E-state index contributed by atoms with van der Waals surface area (Å²) in [6, 6.07) is 8.70. The Balaban J connectivity index is 1.66. The van der Waals surface area contributed by atoms with Crippen LogP contribution >= 0.6 is 0 Å². The lowest BCUT2D eigenvalue weighted by Gasteiger charge is -2.16. The summed E-state index contributed by atoms with van der Waals surface area (Å²) in [5, 5.41) is 3.19. The Hall–Kier alpha value is -2.96. The molecule has 1 aliphatic carbocycles. The van der Waals surface area contributed by atoms with Gasteiger partial charge in [0.2, 0.25) is 5.91 Å². The SMILES string of the molecule is NC(=O)c1ccn2c(-c3cccc(N[C@H]4CCC[C@@H]4F)n3)cnc2c1. The van der Waals surface area contributed by atoms with E-state index < -0.39 is 12.1 Å². The van der Waals surface area contributed by atoms with Crippen LogP contribution in [0.2, 0.25) is 0 Å². The molecule has 0 saturated heterocycles. The molecule has 4 rings (SSSR count). The van der Waals surface area contributed by atoms with Gasteiger partial charge >= 0.3 is 0 Å². The fourth-order valence-electron chi connectivity index (χ4n) is 3.25. The van der Waals surface area contributed by atoms with Crippen molar-refractivity contribution in [2.45, 2.75) is 31.5 Å². The number of hydrogen-bond donors (Lipinski definition) is 2. The normalized spacial score (nSPS) is 20.0. The Morgan fingerprint density at radius 1 is 1.32 bits per heavy atom. The average molecular weight is 339 g/mol. The van der Waals surface area contributed by atoms with Gasteiger partial charge in [-0.1, -0.05) is 6.07 Å². The second-order valence-electron chi connectivity index (χ2n) is 6.26. The van der Waals surface area contributed by atoms with Crippen molar-refractivity contribution >= 4 is 17.4 Å². The first-order valence-corrected chi connectivity index (χ1v) is 8.27. The fraction of sp³-hybridized carbons (Fsp3) is 0.278. The first-order valence-electron chi connectivity index (χ1n) is 8.27. The molecule has 1 saturated carbocycles. The Bertz CT molecular complexity index is 938. The third-order valence-electron chi connectivity index (χ3n) is 4.57. The van der Waals surface area contributed by atoms with Crippen LogP contribution in [0.4, 0.5) is 10.2 Å². The molecule has 0 aliphatic heterocycles. The van der Waals surface area contributed by atoms with Gasteiger partial charge in [0.25, 0.3) is 0 Å². The maximum Gasteiger partial charge on any atom is 0.248 e. The number of imidazole rings is 1. The third kappa shape index (κ3) is 2.93. The number of carbonyl (C=O) groups excluding carboxylic acids is 1. The highest BCUT2D eigenvalue weighted by Gasteiger charge is 2.27. The van der Waals surface area contributed by atoms with Gasteiger partial charge in [0.05, 0.1) is 23.6 Å². The van der Waals surface area contributed by atoms with Crippen LogP contribution in [0, 0.1) is 0 Å². The zero-order valence-corrected chi connectivity index (χ0v) is 13.5. The topological polar surface area (TPSA) is 85.3 Å². The van der Waals surface area contributed by atoms with Crippen molar-refractivity contribution in [2.24, 2.45) is 5.73 Å². The van der Waals surface area contributed by atoms with Crippen molar-refractivity contribution in [3.05, 3.63) is 48.3 Å². The van der Waals surface area contributed by atoms with Crippen LogP contribution < -0.4 is 11.1 Å². The molecule has 1 aliphatic rings. The monoisotopic (exact) mass is 339 g/mol. The number of carbonyl (C=O) groups is 1. The number of aromatic nitrogens is 3. The molecule has 2 atom stereocenters. The molecule has 0 spiro atoms. The molecule has 0 unspecified atom stereocenters. The summed E-state index contributed by atoms with van der Waals surface area (Å²) in [5.74, 6) is 0.157. The summed E-state index contributed by atoms with van der Waals surface area (Å²) in [5.41, 5.74) is 7.84. The molecule has 25 heavy (non-hydrogen) atoms. The number of hydrogen-bond acceptors (Lipinski definition) is 4. The highest BCUT2D eigenvalue weighted by atomic mass is 19.1. The summed E-state index contributed by atoms with van der Waals surface area (Å²) >= 11 is 0. The molecule has 3 aromatic rings. The Labute approximate surface area is 143 Å². The van der Waals surface area contributed by atoms with E-state index in [1.54, 1.807) is 24.5 Å². The van der Waals surface area contributed by atoms with E-state index in [0.717, 1.165) is 24.2 Å². The number of primary amides is 1. The van der Waals surface area contributed by atoms with Gasteiger partial charge < -0.3 is 11.1 Å². The molecule has 1 amide bonds. The van der Waals surface area contributed by atoms with Crippen LogP contribution in [0.3, 0.4) is 0 Å². The lowest BCUT2D eigenvalue weighted by Crippen LogP contribution is -2.25. The number of alkyl halides is 1. The molecular formula is C18H18FN5O. The lowest BCUT2D eigenvalue weighted by molar-refractivity contribution is 0.100. The number of fused-ring (bicyclic) bond motifs is 1. The van der Waals surface area contributed by atoms with E-state index in [4.69, 9.17) is 5.73 Å². The predicted molar refractivity (Wildman–Crippen MR) is 93.1 cm³/mol. The van der Waals surface area contributed by atoms with E-state index in [1.165, 1.54) is 0 Å². The molecule has 0 aromatic carbocycles. The van der Waals surface area contributed by atoms with Crippen molar-refractivity contribution < 1.29 is 9.18 Å². The molecule has 3 N–H and O–H groups in total. The minimum Gasteiger partial charge on any atom is -0.366 e. The maximum atomic E-state index is 13.8. The van der Waals surface area contributed by atoms with Crippen molar-refractivity contribution in [1.82, 2.24) is 14.4 Å². The average Bonchev–Trinajstić information content (AvgIpc) is 3.21. The minimum absolute atomic E-state index is 0.178. The molecule has 3 aromatic heterocycles. The molecule has 128 valence electrons. The summed E-state index contributed by atoms with van der Waals surface area (Å²) in [4.78, 5) is 20.2. The van der Waals surface area contributed by atoms with E-state index in [9.17, 15) is 9.18 Å². The van der Waals surface area contributed by atoms with Gasteiger partial charge in [0, 0.05) is 11.8 Å². The molecule has 3 heterocycles. The van der Waals surface area contributed by atoms with E-state index in [0.29, 0.717) is 23.4 Å². The number of amides is 1. The Morgan fingerprint density at radius 3 is 2.96 bits per heavy atom. The van der Waals surface area contributed by atoms with Crippen molar-refractivity contribution in [2.75, 3.05) is 5.32 Å². The van der Waals surface area contributed by atoms with Crippen LogP contribution in [-0.2, 0) is 0 Å². The standard InChI is InChI=1S/C18H18FN5O/c19-12-3-1-4-13(12)22-16-6-2-5-14(23-16)15-10-21-17-9-11(18(20)25)7-8-24(15)17/h2,5-10,12-13H,1,3-4H2,(H2,20,25)(H,22,23)/t12-,13-/m0/s1. The lowest BCUT2D eigenvalue weighted by atomic mass is 10.2. The maximum absolute atomic E-state index is 13.8. The smallest absolute Gasteiger partial charge is 0.248 e. The number of rotatable bonds is 4. The van der Waals surface area contributed by atoms with E-state index >= 15 is 0 Å². The van der Waals surface area contributed by atoms with Gasteiger partial charge in [0.15, 0.2) is 0 Å². The summed E-state index contributed by atoms with van der Waals surface area (Å²) in [6.07, 6.45) is 4.93. The number of nitrogens with zero attached hydrogens (tertiary/aromatic N) is 3. The first kappa shape index (κ1) is 15.6. The zero-order chi connectivity index (χ0) is 17.4. The first-order chi connectivity index (χ1) is 12.1. The molecule has 0 bridgehead atoms. The van der Waals surface area contributed by atoms with Crippen LogP contribution in [0.15, 0.2) is 42.7 Å². The zero-order valence-electron chi connectivity index (χ0n) is 13.5. The number of nitrogens with two attached hydrogens (primary N) is 1. The Morgan fingerprint density at radius 2 is 2.20 bits per heavy atom. The van der Waals surface area contributed by atoms with E-state index in [-0.39, 0.29) is 6.04 Å². The number of pyridine rings is 2. The van der Waals surface area contributed by atoms with Gasteiger partial charge in [-0.15, -0.1) is 0 Å². The van der Waals surface area contributed by atoms with E-state index in [2.05, 4.69) is 15.3 Å². The molecule has 1 fully saturated rings. The fourth-order valence-corrected chi connectivity index (χ4v) is 3.25. The van der Waals surface area contributed by atoms with Gasteiger partial charge in [-0.25, -0.2) is 14.4 Å². The summed E-state index contributed by atoms with van der Waals surface area (Å²) in [6.45, 7) is 0. The van der Waals surface area contributed by atoms with Crippen molar-refractivity contribution in [1.29, 1.82) is 0 Å². The third-order valence-corrected chi connectivity index (χ3v) is 4.57. The largest absolute Gasteiger partial charge is 0.366 e. The highest BCUT2D eigenvalue weighted by Crippen LogP contribution is 2.26. The number of halogens is 1. The minimum atomic E-state index is -0.825. The van der Waals surface area contributed by atoms with Gasteiger partial charge in [-0.3, -0.25) is 9.20 Å². The van der Waals surface area contributed by atoms with Crippen LogP contribution in [0.25, 0.3) is 17.0 Å². The van der Waals surface area contributed by atoms with E-state index in [1.807, 2.05) is 22.6 Å². The van der Waals surface area contributed by atoms with Crippen LogP contribution in [0.5, 0.6) is 0 Å². The Kier molecular flexibility index (Phi) is 3.83. The van der Waals surface area contributed by atoms with Crippen LogP contribution in [-0.4, -0.2) is 32.5 Å². The molecule has 6 nitrogen and oxygen atoms in total. The van der Waals surface area contributed by atoms with Crippen molar-refractivity contribution in [3.63, 3.8) is 0 Å². The predicted octanol–water partition coefficient (Wildman–Crippen LogP) is 2.80. The quantitative estimate of drug-likeness (QED) is 0.765. The number of nitrogens with one attached hydrogen (secondary N) is 1. The second-order valence-corrected chi connectivity index (χ2v) is 6.26. The second kappa shape index (κ2) is 6.16. The highest BCUT2D eigenvalue weighted by molar-refractivity contribution is 5.93. The van der Waals surface area contributed by atoms with Gasteiger partial charge in [-0.2, -0.15) is 0 Å².